The molecule has 0 spiro atoms. The molecule has 0 saturated heterocycles. The molecule has 1 saturated carbocycles. The first-order valence-electron chi connectivity index (χ1n) is 9.26. The van der Waals surface area contributed by atoms with E-state index >= 15 is 0 Å². The summed E-state index contributed by atoms with van der Waals surface area (Å²) in [5, 5.41) is 11.1. The fraction of sp³-hybridized carbons (Fsp3) is 0.450. The number of nitrogens with one attached hydrogen (secondary N) is 2. The second-order valence-corrected chi connectivity index (χ2v) is 6.76. The lowest BCUT2D eigenvalue weighted by molar-refractivity contribution is -0.121. The van der Waals surface area contributed by atoms with Gasteiger partial charge in [-0.1, -0.05) is 32.1 Å². The van der Waals surface area contributed by atoms with Crippen molar-refractivity contribution >= 4 is 12.1 Å². The lowest BCUT2D eigenvalue weighted by Crippen LogP contribution is -2.19. The van der Waals surface area contributed by atoms with E-state index < -0.39 is 0 Å². The molecular formula is C20H26N4O2. The molecular weight excluding hydrogens is 328 g/mol. The summed E-state index contributed by atoms with van der Waals surface area (Å²) in [7, 11) is 1.64. The van der Waals surface area contributed by atoms with Crippen LogP contribution in [0.15, 0.2) is 35.6 Å². The number of H-pyrrole nitrogens is 1. The molecule has 1 fully saturated rings. The normalized spacial score (nSPS) is 15.3. The zero-order valence-electron chi connectivity index (χ0n) is 15.2. The topological polar surface area (TPSA) is 79.4 Å². The maximum atomic E-state index is 12.0. The SMILES string of the molecule is COc1ccc(-c2[nH]ncc2/C=N/NC(=O)CCC2CCCCC2)cc1. The molecule has 0 bridgehead atoms. The van der Waals surface area contributed by atoms with E-state index in [1.807, 2.05) is 24.3 Å². The molecule has 1 aromatic heterocycles. The van der Waals surface area contributed by atoms with Crippen molar-refractivity contribution in [3.8, 4) is 17.0 Å². The van der Waals surface area contributed by atoms with Gasteiger partial charge in [0.25, 0.3) is 0 Å². The number of aromatic amines is 1. The minimum absolute atomic E-state index is 0.0266. The highest BCUT2D eigenvalue weighted by atomic mass is 16.5. The first-order chi connectivity index (χ1) is 12.8. The smallest absolute Gasteiger partial charge is 0.240 e. The Hall–Kier alpha value is -2.63. The fourth-order valence-corrected chi connectivity index (χ4v) is 3.42. The summed E-state index contributed by atoms with van der Waals surface area (Å²) in [4.78, 5) is 12.0. The number of rotatable bonds is 7. The van der Waals surface area contributed by atoms with Crippen LogP contribution in [0.1, 0.15) is 50.5 Å². The van der Waals surface area contributed by atoms with Gasteiger partial charge in [0, 0.05) is 17.5 Å². The first-order valence-corrected chi connectivity index (χ1v) is 9.26. The molecule has 1 amide bonds. The van der Waals surface area contributed by atoms with Crippen molar-refractivity contribution in [2.45, 2.75) is 44.9 Å². The molecule has 1 aromatic carbocycles. The van der Waals surface area contributed by atoms with E-state index in [1.54, 1.807) is 19.5 Å². The van der Waals surface area contributed by atoms with Gasteiger partial charge < -0.3 is 4.74 Å². The molecule has 1 aliphatic carbocycles. The Kier molecular flexibility index (Phi) is 6.41. The zero-order chi connectivity index (χ0) is 18.2. The van der Waals surface area contributed by atoms with E-state index in [0.717, 1.165) is 29.0 Å². The molecule has 2 aromatic rings. The average Bonchev–Trinajstić information content (AvgIpc) is 3.16. The third-order valence-electron chi connectivity index (χ3n) is 4.94. The molecule has 1 heterocycles. The summed E-state index contributed by atoms with van der Waals surface area (Å²) in [6.07, 6.45) is 11.3. The van der Waals surface area contributed by atoms with Crippen molar-refractivity contribution in [2.75, 3.05) is 7.11 Å². The zero-order valence-corrected chi connectivity index (χ0v) is 15.2. The molecule has 0 atom stereocenters. The Morgan fingerprint density at radius 1 is 1.31 bits per heavy atom. The summed E-state index contributed by atoms with van der Waals surface area (Å²) < 4.78 is 5.18. The van der Waals surface area contributed by atoms with Crippen LogP contribution in [0.4, 0.5) is 0 Å². The van der Waals surface area contributed by atoms with E-state index in [-0.39, 0.29) is 5.91 Å². The Morgan fingerprint density at radius 2 is 2.08 bits per heavy atom. The Morgan fingerprint density at radius 3 is 2.81 bits per heavy atom. The number of amides is 1. The van der Waals surface area contributed by atoms with Crippen molar-refractivity contribution in [1.29, 1.82) is 0 Å². The number of aromatic nitrogens is 2. The van der Waals surface area contributed by atoms with Gasteiger partial charge in [0.15, 0.2) is 0 Å². The third-order valence-corrected chi connectivity index (χ3v) is 4.94. The van der Waals surface area contributed by atoms with Gasteiger partial charge in [-0.2, -0.15) is 10.2 Å². The molecule has 0 unspecified atom stereocenters. The van der Waals surface area contributed by atoms with Crippen LogP contribution >= 0.6 is 0 Å². The third kappa shape index (κ3) is 4.94. The first kappa shape index (κ1) is 18.2. The van der Waals surface area contributed by atoms with Crippen LogP contribution in [0.25, 0.3) is 11.3 Å². The van der Waals surface area contributed by atoms with Crippen LogP contribution in [0, 0.1) is 5.92 Å². The van der Waals surface area contributed by atoms with Crippen molar-refractivity contribution < 1.29 is 9.53 Å². The highest BCUT2D eigenvalue weighted by Crippen LogP contribution is 2.27. The van der Waals surface area contributed by atoms with Crippen LogP contribution in [-0.2, 0) is 4.79 Å². The van der Waals surface area contributed by atoms with E-state index in [4.69, 9.17) is 4.74 Å². The number of benzene rings is 1. The number of nitrogens with zero attached hydrogens (tertiary/aromatic N) is 2. The predicted molar refractivity (Wildman–Crippen MR) is 102 cm³/mol. The molecule has 6 nitrogen and oxygen atoms in total. The Balaban J connectivity index is 1.52. The number of hydrogen-bond acceptors (Lipinski definition) is 4. The van der Waals surface area contributed by atoms with E-state index in [0.29, 0.717) is 12.3 Å². The van der Waals surface area contributed by atoms with E-state index in [2.05, 4.69) is 20.7 Å². The van der Waals surface area contributed by atoms with Gasteiger partial charge in [-0.25, -0.2) is 5.43 Å². The number of carbonyl (C=O) groups excluding carboxylic acids is 1. The van der Waals surface area contributed by atoms with Gasteiger partial charge in [0.1, 0.15) is 5.75 Å². The fourth-order valence-electron chi connectivity index (χ4n) is 3.42. The van der Waals surface area contributed by atoms with Crippen molar-refractivity contribution in [2.24, 2.45) is 11.0 Å². The van der Waals surface area contributed by atoms with Crippen molar-refractivity contribution in [3.05, 3.63) is 36.0 Å². The average molecular weight is 354 g/mol. The van der Waals surface area contributed by atoms with Crippen LogP contribution < -0.4 is 10.2 Å². The van der Waals surface area contributed by atoms with E-state index in [1.165, 1.54) is 32.1 Å². The molecule has 138 valence electrons. The van der Waals surface area contributed by atoms with Gasteiger partial charge >= 0.3 is 0 Å². The number of hydrazone groups is 1. The summed E-state index contributed by atoms with van der Waals surface area (Å²) in [6.45, 7) is 0. The quantitative estimate of drug-likeness (QED) is 0.585. The molecule has 1 aliphatic rings. The monoisotopic (exact) mass is 354 g/mol. The van der Waals surface area contributed by atoms with E-state index in [9.17, 15) is 4.79 Å². The molecule has 0 radical (unpaired) electrons. The lowest BCUT2D eigenvalue weighted by atomic mass is 9.86. The minimum Gasteiger partial charge on any atom is -0.497 e. The Bertz CT molecular complexity index is 731. The highest BCUT2D eigenvalue weighted by Gasteiger charge is 2.14. The number of methoxy groups -OCH3 is 1. The minimum atomic E-state index is -0.0266. The summed E-state index contributed by atoms with van der Waals surface area (Å²) in [5.41, 5.74) is 5.28. The van der Waals surface area contributed by atoms with Gasteiger partial charge in [0.2, 0.25) is 5.91 Å². The van der Waals surface area contributed by atoms with Gasteiger partial charge in [-0.3, -0.25) is 9.89 Å². The van der Waals surface area contributed by atoms with Crippen LogP contribution in [0.3, 0.4) is 0 Å². The van der Waals surface area contributed by atoms with Crippen LogP contribution in [-0.4, -0.2) is 29.4 Å². The highest BCUT2D eigenvalue weighted by molar-refractivity contribution is 5.89. The van der Waals surface area contributed by atoms with Crippen LogP contribution in [0.5, 0.6) is 5.75 Å². The number of hydrogen-bond donors (Lipinski definition) is 2. The maximum absolute atomic E-state index is 12.0. The molecule has 2 N–H and O–H groups in total. The summed E-state index contributed by atoms with van der Waals surface area (Å²) in [5.74, 6) is 1.48. The Labute approximate surface area is 154 Å². The lowest BCUT2D eigenvalue weighted by Gasteiger charge is -2.20. The van der Waals surface area contributed by atoms with Gasteiger partial charge in [-0.05, 0) is 36.6 Å². The van der Waals surface area contributed by atoms with Crippen molar-refractivity contribution in [3.63, 3.8) is 0 Å². The standard InChI is InChI=1S/C20H26N4O2/c1-26-18-10-8-16(9-11-18)20-17(14-22-24-20)13-21-23-19(25)12-7-15-5-3-2-4-6-15/h8-11,13-15H,2-7,12H2,1H3,(H,22,24)(H,23,25)/b21-13+. The van der Waals surface area contributed by atoms with Crippen LogP contribution in [0.2, 0.25) is 0 Å². The molecule has 26 heavy (non-hydrogen) atoms. The van der Waals surface area contributed by atoms with Crippen molar-refractivity contribution in [1.82, 2.24) is 15.6 Å². The van der Waals surface area contributed by atoms with Gasteiger partial charge in [-0.15, -0.1) is 0 Å². The second kappa shape index (κ2) is 9.17. The summed E-state index contributed by atoms with van der Waals surface area (Å²) in [6, 6.07) is 7.69. The molecule has 0 aliphatic heterocycles. The van der Waals surface area contributed by atoms with Gasteiger partial charge in [0.05, 0.1) is 25.2 Å². The number of carbonyl (C=O) groups is 1. The second-order valence-electron chi connectivity index (χ2n) is 6.76. The maximum Gasteiger partial charge on any atom is 0.240 e. The molecule has 3 rings (SSSR count). The number of ether oxygens (including phenoxy) is 1. The molecule has 6 heteroatoms. The largest absolute Gasteiger partial charge is 0.497 e. The summed E-state index contributed by atoms with van der Waals surface area (Å²) >= 11 is 0. The predicted octanol–water partition coefficient (Wildman–Crippen LogP) is 3.90.